The van der Waals surface area contributed by atoms with Crippen LogP contribution in [0.4, 0.5) is 0 Å². The average molecular weight is 235 g/mol. The third kappa shape index (κ3) is 3.72. The molecule has 1 atom stereocenters. The Morgan fingerprint density at radius 2 is 2.35 bits per heavy atom. The number of aliphatic hydroxyl groups is 1. The lowest BCUT2D eigenvalue weighted by Gasteiger charge is -2.16. The van der Waals surface area contributed by atoms with Gasteiger partial charge in [0, 0.05) is 19.7 Å². The van der Waals surface area contributed by atoms with Gasteiger partial charge in [0.05, 0.1) is 0 Å². The molecule has 0 aromatic heterocycles. The SMILES string of the molecule is Cc1cccc(OCCN2CCC(CO)C2)c1. The number of likely N-dealkylation sites (tertiary alicyclic amines) is 1. The van der Waals surface area contributed by atoms with E-state index in [-0.39, 0.29) is 0 Å². The van der Waals surface area contributed by atoms with E-state index in [9.17, 15) is 0 Å². The van der Waals surface area contributed by atoms with Gasteiger partial charge in [-0.1, -0.05) is 12.1 Å². The van der Waals surface area contributed by atoms with Gasteiger partial charge in [0.2, 0.25) is 0 Å². The molecule has 3 heteroatoms. The van der Waals surface area contributed by atoms with Crippen LogP contribution >= 0.6 is 0 Å². The fourth-order valence-corrected chi connectivity index (χ4v) is 2.26. The van der Waals surface area contributed by atoms with Crippen LogP contribution in [0.2, 0.25) is 0 Å². The maximum Gasteiger partial charge on any atom is 0.119 e. The summed E-state index contributed by atoms with van der Waals surface area (Å²) in [5, 5.41) is 9.06. The Bertz CT molecular complexity index is 354. The van der Waals surface area contributed by atoms with Crippen molar-refractivity contribution >= 4 is 0 Å². The molecular weight excluding hydrogens is 214 g/mol. The van der Waals surface area contributed by atoms with Crippen LogP contribution in [0, 0.1) is 12.8 Å². The van der Waals surface area contributed by atoms with Gasteiger partial charge in [-0.25, -0.2) is 0 Å². The minimum Gasteiger partial charge on any atom is -0.492 e. The number of hydrogen-bond acceptors (Lipinski definition) is 3. The molecule has 1 saturated heterocycles. The molecule has 1 aromatic carbocycles. The number of hydrogen-bond donors (Lipinski definition) is 1. The van der Waals surface area contributed by atoms with Gasteiger partial charge in [0.15, 0.2) is 0 Å². The molecule has 1 fully saturated rings. The van der Waals surface area contributed by atoms with E-state index >= 15 is 0 Å². The predicted molar refractivity (Wildman–Crippen MR) is 68.3 cm³/mol. The second kappa shape index (κ2) is 6.03. The lowest BCUT2D eigenvalue weighted by molar-refractivity contribution is 0.204. The van der Waals surface area contributed by atoms with Crippen LogP contribution in [0.3, 0.4) is 0 Å². The van der Waals surface area contributed by atoms with E-state index in [2.05, 4.69) is 24.0 Å². The summed E-state index contributed by atoms with van der Waals surface area (Å²) in [5.41, 5.74) is 1.23. The molecule has 0 saturated carbocycles. The lowest BCUT2D eigenvalue weighted by atomic mass is 10.1. The van der Waals surface area contributed by atoms with E-state index in [1.54, 1.807) is 0 Å². The highest BCUT2D eigenvalue weighted by molar-refractivity contribution is 5.27. The summed E-state index contributed by atoms with van der Waals surface area (Å²) in [7, 11) is 0. The molecule has 1 aliphatic rings. The van der Waals surface area contributed by atoms with Crippen LogP contribution < -0.4 is 4.74 Å². The number of benzene rings is 1. The van der Waals surface area contributed by atoms with Crippen LogP contribution in [-0.4, -0.2) is 42.9 Å². The maximum absolute atomic E-state index is 9.06. The third-order valence-electron chi connectivity index (χ3n) is 3.29. The zero-order chi connectivity index (χ0) is 12.1. The third-order valence-corrected chi connectivity index (χ3v) is 3.29. The highest BCUT2D eigenvalue weighted by Gasteiger charge is 2.20. The van der Waals surface area contributed by atoms with Gasteiger partial charge in [-0.2, -0.15) is 0 Å². The van der Waals surface area contributed by atoms with Crippen LogP contribution in [0.5, 0.6) is 5.75 Å². The lowest BCUT2D eigenvalue weighted by Crippen LogP contribution is -2.26. The fraction of sp³-hybridized carbons (Fsp3) is 0.571. The van der Waals surface area contributed by atoms with Crippen molar-refractivity contribution in [2.24, 2.45) is 5.92 Å². The van der Waals surface area contributed by atoms with E-state index in [0.717, 1.165) is 38.4 Å². The molecule has 17 heavy (non-hydrogen) atoms. The van der Waals surface area contributed by atoms with E-state index in [1.165, 1.54) is 5.56 Å². The van der Waals surface area contributed by atoms with Gasteiger partial charge in [0.25, 0.3) is 0 Å². The van der Waals surface area contributed by atoms with Crippen molar-refractivity contribution in [2.45, 2.75) is 13.3 Å². The van der Waals surface area contributed by atoms with Crippen molar-refractivity contribution in [1.29, 1.82) is 0 Å². The van der Waals surface area contributed by atoms with E-state index < -0.39 is 0 Å². The highest BCUT2D eigenvalue weighted by atomic mass is 16.5. The summed E-state index contributed by atoms with van der Waals surface area (Å²) in [6.45, 7) is 6.15. The molecule has 3 nitrogen and oxygen atoms in total. The molecule has 0 bridgehead atoms. The van der Waals surface area contributed by atoms with Crippen molar-refractivity contribution in [3.8, 4) is 5.75 Å². The average Bonchev–Trinajstić information content (AvgIpc) is 2.77. The predicted octanol–water partition coefficient (Wildman–Crippen LogP) is 1.69. The zero-order valence-corrected chi connectivity index (χ0v) is 10.4. The summed E-state index contributed by atoms with van der Waals surface area (Å²) in [6, 6.07) is 8.13. The summed E-state index contributed by atoms with van der Waals surface area (Å²) in [6.07, 6.45) is 1.11. The van der Waals surface area contributed by atoms with Crippen molar-refractivity contribution in [2.75, 3.05) is 32.8 Å². The van der Waals surface area contributed by atoms with Gasteiger partial charge in [-0.05, 0) is 43.5 Å². The maximum atomic E-state index is 9.06. The molecule has 1 aromatic rings. The van der Waals surface area contributed by atoms with E-state index in [4.69, 9.17) is 9.84 Å². The number of aryl methyl sites for hydroxylation is 1. The summed E-state index contributed by atoms with van der Waals surface area (Å²) < 4.78 is 5.71. The largest absolute Gasteiger partial charge is 0.492 e. The fourth-order valence-electron chi connectivity index (χ4n) is 2.26. The second-order valence-corrected chi connectivity index (χ2v) is 4.80. The summed E-state index contributed by atoms with van der Waals surface area (Å²) in [4.78, 5) is 2.36. The molecule has 1 N–H and O–H groups in total. The van der Waals surface area contributed by atoms with Gasteiger partial charge >= 0.3 is 0 Å². The monoisotopic (exact) mass is 235 g/mol. The smallest absolute Gasteiger partial charge is 0.119 e. The van der Waals surface area contributed by atoms with Crippen LogP contribution in [-0.2, 0) is 0 Å². The molecule has 0 radical (unpaired) electrons. The quantitative estimate of drug-likeness (QED) is 0.843. The molecule has 94 valence electrons. The minimum absolute atomic E-state index is 0.315. The number of rotatable bonds is 5. The molecule has 1 aliphatic heterocycles. The Balaban J connectivity index is 1.70. The van der Waals surface area contributed by atoms with E-state index in [0.29, 0.717) is 12.5 Å². The topological polar surface area (TPSA) is 32.7 Å². The Kier molecular flexibility index (Phi) is 4.40. The standard InChI is InChI=1S/C14H21NO2/c1-12-3-2-4-14(9-12)17-8-7-15-6-5-13(10-15)11-16/h2-4,9,13,16H,5-8,10-11H2,1H3. The van der Waals surface area contributed by atoms with Gasteiger partial charge in [-0.15, -0.1) is 0 Å². The summed E-state index contributed by atoms with van der Waals surface area (Å²) >= 11 is 0. The minimum atomic E-state index is 0.315. The highest BCUT2D eigenvalue weighted by Crippen LogP contribution is 2.16. The first-order chi connectivity index (χ1) is 8.28. The molecule has 1 heterocycles. The molecule has 2 rings (SSSR count). The van der Waals surface area contributed by atoms with Gasteiger partial charge in [0.1, 0.15) is 12.4 Å². The van der Waals surface area contributed by atoms with Crippen molar-refractivity contribution in [3.63, 3.8) is 0 Å². The normalized spacial score (nSPS) is 20.7. The van der Waals surface area contributed by atoms with Crippen LogP contribution in [0.1, 0.15) is 12.0 Å². The number of ether oxygens (including phenoxy) is 1. The van der Waals surface area contributed by atoms with Gasteiger partial charge in [-0.3, -0.25) is 4.90 Å². The number of nitrogens with zero attached hydrogens (tertiary/aromatic N) is 1. The van der Waals surface area contributed by atoms with Crippen molar-refractivity contribution in [3.05, 3.63) is 29.8 Å². The Morgan fingerprint density at radius 3 is 3.06 bits per heavy atom. The Labute approximate surface area is 103 Å². The Morgan fingerprint density at radius 1 is 1.47 bits per heavy atom. The van der Waals surface area contributed by atoms with Crippen molar-refractivity contribution in [1.82, 2.24) is 4.90 Å². The zero-order valence-electron chi connectivity index (χ0n) is 10.4. The summed E-state index contributed by atoms with van der Waals surface area (Å²) in [5.74, 6) is 1.41. The van der Waals surface area contributed by atoms with E-state index in [1.807, 2.05) is 12.1 Å². The first kappa shape index (κ1) is 12.4. The first-order valence-electron chi connectivity index (χ1n) is 6.30. The van der Waals surface area contributed by atoms with Crippen LogP contribution in [0.25, 0.3) is 0 Å². The molecular formula is C14H21NO2. The molecule has 0 aliphatic carbocycles. The van der Waals surface area contributed by atoms with Gasteiger partial charge < -0.3 is 9.84 Å². The molecule has 0 amide bonds. The number of aliphatic hydroxyl groups excluding tert-OH is 1. The van der Waals surface area contributed by atoms with Crippen LogP contribution in [0.15, 0.2) is 24.3 Å². The molecule has 1 unspecified atom stereocenters. The van der Waals surface area contributed by atoms with Crippen molar-refractivity contribution < 1.29 is 9.84 Å². The first-order valence-corrected chi connectivity index (χ1v) is 6.30. The second-order valence-electron chi connectivity index (χ2n) is 4.80. The molecule has 0 spiro atoms. The Hall–Kier alpha value is -1.06.